The number of hydrogen-bond donors (Lipinski definition) is 2. The van der Waals surface area contributed by atoms with E-state index in [1.165, 1.54) is 0 Å². The van der Waals surface area contributed by atoms with Gasteiger partial charge in [0.05, 0.1) is 18.4 Å². The van der Waals surface area contributed by atoms with Crippen molar-refractivity contribution in [2.24, 2.45) is 0 Å². The zero-order chi connectivity index (χ0) is 19.2. The summed E-state index contributed by atoms with van der Waals surface area (Å²) in [6.07, 6.45) is 0. The second-order valence-corrected chi connectivity index (χ2v) is 6.13. The van der Waals surface area contributed by atoms with Gasteiger partial charge in [-0.3, -0.25) is 9.59 Å². The first-order valence-electron chi connectivity index (χ1n) is 8.18. The summed E-state index contributed by atoms with van der Waals surface area (Å²) in [7, 11) is 1.56. The minimum absolute atomic E-state index is 0.342. The number of benzene rings is 3. The van der Waals surface area contributed by atoms with Crippen LogP contribution in [0.1, 0.15) is 20.7 Å². The number of anilines is 2. The van der Waals surface area contributed by atoms with Crippen LogP contribution in [-0.4, -0.2) is 18.9 Å². The topological polar surface area (TPSA) is 67.4 Å². The second kappa shape index (κ2) is 8.38. The molecule has 0 aliphatic heterocycles. The fourth-order valence-electron chi connectivity index (χ4n) is 2.51. The van der Waals surface area contributed by atoms with Gasteiger partial charge in [-0.25, -0.2) is 0 Å². The number of rotatable bonds is 5. The monoisotopic (exact) mass is 380 g/mol. The van der Waals surface area contributed by atoms with Gasteiger partial charge in [0.1, 0.15) is 5.75 Å². The Kier molecular flexibility index (Phi) is 5.74. The molecule has 0 saturated carbocycles. The summed E-state index contributed by atoms with van der Waals surface area (Å²) in [5.41, 5.74) is 1.75. The van der Waals surface area contributed by atoms with Crippen molar-refractivity contribution in [2.75, 3.05) is 17.7 Å². The molecule has 27 heavy (non-hydrogen) atoms. The van der Waals surface area contributed by atoms with Gasteiger partial charge in [0, 0.05) is 22.3 Å². The zero-order valence-corrected chi connectivity index (χ0v) is 15.3. The first-order valence-corrected chi connectivity index (χ1v) is 8.56. The number of para-hydroxylation sites is 1. The maximum absolute atomic E-state index is 12.7. The van der Waals surface area contributed by atoms with Crippen molar-refractivity contribution in [3.05, 3.63) is 88.9 Å². The second-order valence-electron chi connectivity index (χ2n) is 5.70. The number of methoxy groups -OCH3 is 1. The summed E-state index contributed by atoms with van der Waals surface area (Å²) in [6, 6.07) is 20.4. The molecule has 3 aromatic rings. The van der Waals surface area contributed by atoms with Crippen molar-refractivity contribution in [1.29, 1.82) is 0 Å². The lowest BCUT2D eigenvalue weighted by Crippen LogP contribution is -2.18. The third-order valence-corrected chi connectivity index (χ3v) is 4.07. The Morgan fingerprint density at radius 2 is 1.63 bits per heavy atom. The standard InChI is InChI=1S/C21H17ClN2O3/c1-27-17-9-5-8-16(13-17)23-21(26)18-10-2-3-11-19(18)24-20(25)14-6-4-7-15(22)12-14/h2-13H,1H3,(H,23,26)(H,24,25). The predicted molar refractivity (Wildman–Crippen MR) is 107 cm³/mol. The van der Waals surface area contributed by atoms with Crippen molar-refractivity contribution in [2.45, 2.75) is 0 Å². The molecule has 0 heterocycles. The lowest BCUT2D eigenvalue weighted by molar-refractivity contribution is 0.102. The average Bonchev–Trinajstić information content (AvgIpc) is 2.68. The Bertz CT molecular complexity index is 988. The van der Waals surface area contributed by atoms with Gasteiger partial charge in [-0.15, -0.1) is 0 Å². The maximum atomic E-state index is 12.7. The van der Waals surface area contributed by atoms with Gasteiger partial charge < -0.3 is 15.4 Å². The fraction of sp³-hybridized carbons (Fsp3) is 0.0476. The first-order chi connectivity index (χ1) is 13.1. The van der Waals surface area contributed by atoms with Gasteiger partial charge >= 0.3 is 0 Å². The molecular weight excluding hydrogens is 364 g/mol. The van der Waals surface area contributed by atoms with Gasteiger partial charge in [-0.05, 0) is 42.5 Å². The lowest BCUT2D eigenvalue weighted by atomic mass is 10.1. The molecular formula is C21H17ClN2O3. The Labute approximate surface area is 161 Å². The minimum Gasteiger partial charge on any atom is -0.497 e. The van der Waals surface area contributed by atoms with E-state index in [-0.39, 0.29) is 11.8 Å². The Balaban J connectivity index is 1.80. The molecule has 5 nitrogen and oxygen atoms in total. The quantitative estimate of drug-likeness (QED) is 0.664. The van der Waals surface area contributed by atoms with Crippen LogP contribution in [0.3, 0.4) is 0 Å². The van der Waals surface area contributed by atoms with Crippen LogP contribution in [0.25, 0.3) is 0 Å². The molecule has 0 aliphatic carbocycles. The normalized spacial score (nSPS) is 10.1. The molecule has 3 aromatic carbocycles. The van der Waals surface area contributed by atoms with Crippen molar-refractivity contribution in [3.8, 4) is 5.75 Å². The summed E-state index contributed by atoms with van der Waals surface area (Å²) in [4.78, 5) is 25.1. The third kappa shape index (κ3) is 4.65. The molecule has 0 fully saturated rings. The van der Waals surface area contributed by atoms with E-state index < -0.39 is 0 Å². The largest absolute Gasteiger partial charge is 0.497 e. The summed E-state index contributed by atoms with van der Waals surface area (Å²) in [6.45, 7) is 0. The third-order valence-electron chi connectivity index (χ3n) is 3.83. The van der Waals surface area contributed by atoms with Crippen LogP contribution < -0.4 is 15.4 Å². The van der Waals surface area contributed by atoms with E-state index in [0.29, 0.717) is 33.3 Å². The molecule has 2 N–H and O–H groups in total. The highest BCUT2D eigenvalue weighted by molar-refractivity contribution is 6.31. The molecule has 3 rings (SSSR count). The van der Waals surface area contributed by atoms with Crippen LogP contribution >= 0.6 is 11.6 Å². The predicted octanol–water partition coefficient (Wildman–Crippen LogP) is 4.85. The smallest absolute Gasteiger partial charge is 0.257 e. The number of halogens is 1. The van der Waals surface area contributed by atoms with Gasteiger partial charge in [-0.1, -0.05) is 35.9 Å². The molecule has 0 bridgehead atoms. The van der Waals surface area contributed by atoms with Gasteiger partial charge in [0.2, 0.25) is 0 Å². The summed E-state index contributed by atoms with van der Waals surface area (Å²) in [5, 5.41) is 6.03. The van der Waals surface area contributed by atoms with E-state index >= 15 is 0 Å². The van der Waals surface area contributed by atoms with Crippen molar-refractivity contribution in [1.82, 2.24) is 0 Å². The Hall–Kier alpha value is -3.31. The summed E-state index contributed by atoms with van der Waals surface area (Å²) in [5.74, 6) is -0.0558. The molecule has 0 unspecified atom stereocenters. The highest BCUT2D eigenvalue weighted by atomic mass is 35.5. The van der Waals surface area contributed by atoms with Crippen LogP contribution in [-0.2, 0) is 0 Å². The van der Waals surface area contributed by atoms with E-state index in [1.54, 1.807) is 79.9 Å². The van der Waals surface area contributed by atoms with Gasteiger partial charge in [0.25, 0.3) is 11.8 Å². The van der Waals surface area contributed by atoms with Crippen LogP contribution in [0.4, 0.5) is 11.4 Å². The lowest BCUT2D eigenvalue weighted by Gasteiger charge is -2.12. The molecule has 0 aliphatic rings. The summed E-state index contributed by atoms with van der Waals surface area (Å²) >= 11 is 5.93. The van der Waals surface area contributed by atoms with Crippen LogP contribution in [0.15, 0.2) is 72.8 Å². The first kappa shape index (κ1) is 18.5. The number of carbonyl (C=O) groups is 2. The minimum atomic E-state index is -0.348. The number of amides is 2. The van der Waals surface area contributed by atoms with Crippen LogP contribution in [0.5, 0.6) is 5.75 Å². The van der Waals surface area contributed by atoms with E-state index in [2.05, 4.69) is 10.6 Å². The molecule has 0 atom stereocenters. The van der Waals surface area contributed by atoms with E-state index in [4.69, 9.17) is 16.3 Å². The molecule has 2 amide bonds. The number of carbonyl (C=O) groups excluding carboxylic acids is 2. The number of nitrogens with one attached hydrogen (secondary N) is 2. The van der Waals surface area contributed by atoms with Crippen molar-refractivity contribution < 1.29 is 14.3 Å². The molecule has 136 valence electrons. The Morgan fingerprint density at radius 1 is 0.852 bits per heavy atom. The number of ether oxygens (including phenoxy) is 1. The van der Waals surface area contributed by atoms with E-state index in [9.17, 15) is 9.59 Å². The molecule has 6 heteroatoms. The van der Waals surface area contributed by atoms with Crippen LogP contribution in [0.2, 0.25) is 5.02 Å². The maximum Gasteiger partial charge on any atom is 0.257 e. The molecule has 0 aromatic heterocycles. The molecule has 0 radical (unpaired) electrons. The SMILES string of the molecule is COc1cccc(NC(=O)c2ccccc2NC(=O)c2cccc(Cl)c2)c1. The highest BCUT2D eigenvalue weighted by Gasteiger charge is 2.14. The van der Waals surface area contributed by atoms with E-state index in [1.807, 2.05) is 0 Å². The highest BCUT2D eigenvalue weighted by Crippen LogP contribution is 2.21. The van der Waals surface area contributed by atoms with Gasteiger partial charge in [-0.2, -0.15) is 0 Å². The molecule has 0 spiro atoms. The summed E-state index contributed by atoms with van der Waals surface area (Å²) < 4.78 is 5.16. The van der Waals surface area contributed by atoms with Crippen molar-refractivity contribution in [3.63, 3.8) is 0 Å². The number of hydrogen-bond acceptors (Lipinski definition) is 3. The molecule has 0 saturated heterocycles. The Morgan fingerprint density at radius 3 is 2.41 bits per heavy atom. The fourth-order valence-corrected chi connectivity index (χ4v) is 2.70. The zero-order valence-electron chi connectivity index (χ0n) is 14.5. The average molecular weight is 381 g/mol. The van der Waals surface area contributed by atoms with Crippen LogP contribution in [0, 0.1) is 0 Å². The van der Waals surface area contributed by atoms with E-state index in [0.717, 1.165) is 0 Å². The van der Waals surface area contributed by atoms with Gasteiger partial charge in [0.15, 0.2) is 0 Å². The van der Waals surface area contributed by atoms with Crippen molar-refractivity contribution >= 4 is 34.8 Å².